The molecule has 1 saturated heterocycles. The van der Waals surface area contributed by atoms with E-state index in [1.807, 2.05) is 23.1 Å². The van der Waals surface area contributed by atoms with Crippen LogP contribution in [0.15, 0.2) is 36.5 Å². The maximum Gasteiger partial charge on any atom is 0.247 e. The molecule has 1 aromatic heterocycles. The lowest BCUT2D eigenvalue weighted by Gasteiger charge is -2.34. The second-order valence-corrected chi connectivity index (χ2v) is 5.69. The van der Waals surface area contributed by atoms with Gasteiger partial charge in [0.15, 0.2) is 5.82 Å². The van der Waals surface area contributed by atoms with Crippen molar-refractivity contribution < 1.29 is 4.79 Å². The van der Waals surface area contributed by atoms with Gasteiger partial charge in [0.25, 0.3) is 0 Å². The Labute approximate surface area is 141 Å². The third-order valence-electron chi connectivity index (χ3n) is 4.20. The monoisotopic (exact) mass is 326 g/mol. The van der Waals surface area contributed by atoms with Gasteiger partial charge in [-0.2, -0.15) is 10.1 Å². The van der Waals surface area contributed by atoms with Crippen LogP contribution in [0.25, 0.3) is 0 Å². The van der Waals surface area contributed by atoms with Crippen molar-refractivity contribution in [3.05, 3.63) is 36.5 Å². The topological polar surface area (TPSA) is 65.5 Å². The lowest BCUT2D eigenvalue weighted by molar-refractivity contribution is -0.129. The minimum absolute atomic E-state index is 0.115. The van der Waals surface area contributed by atoms with Crippen LogP contribution in [0, 0.1) is 0 Å². The van der Waals surface area contributed by atoms with Gasteiger partial charge in [-0.05, 0) is 19.1 Å². The van der Waals surface area contributed by atoms with Gasteiger partial charge in [0, 0.05) is 45.3 Å². The summed E-state index contributed by atoms with van der Waals surface area (Å²) in [5.41, 5.74) is 1.08. The highest BCUT2D eigenvalue weighted by atomic mass is 16.2. The molecule has 0 aliphatic carbocycles. The van der Waals surface area contributed by atoms with Crippen molar-refractivity contribution in [3.8, 4) is 0 Å². The number of hydrogen-bond donors (Lipinski definition) is 0. The van der Waals surface area contributed by atoms with Crippen molar-refractivity contribution in [2.45, 2.75) is 13.8 Å². The number of para-hydroxylation sites is 1. The Bertz CT molecular complexity index is 684. The van der Waals surface area contributed by atoms with Gasteiger partial charge in [0.05, 0.1) is 6.20 Å². The first-order chi connectivity index (χ1) is 11.7. The molecule has 1 fully saturated rings. The molecule has 0 radical (unpaired) electrons. The standard InChI is InChI=1S/C17H22N6O/c1-3-23(15-7-5-4-6-8-15)16-13-18-20-17(19-16)22-11-9-21(10-12-22)14(2)24/h4-8,13H,3,9-12H2,1-2H3. The van der Waals surface area contributed by atoms with Crippen LogP contribution in [0.5, 0.6) is 0 Å². The number of piperazine rings is 1. The summed E-state index contributed by atoms with van der Waals surface area (Å²) in [5.74, 6) is 1.51. The van der Waals surface area contributed by atoms with E-state index >= 15 is 0 Å². The molecule has 0 saturated carbocycles. The van der Waals surface area contributed by atoms with Gasteiger partial charge in [0.2, 0.25) is 11.9 Å². The molecule has 1 amide bonds. The van der Waals surface area contributed by atoms with Crippen LogP contribution in [0.2, 0.25) is 0 Å². The number of amides is 1. The van der Waals surface area contributed by atoms with Crippen LogP contribution in [-0.2, 0) is 4.79 Å². The number of benzene rings is 1. The molecule has 1 aromatic carbocycles. The summed E-state index contributed by atoms with van der Waals surface area (Å²) in [5, 5.41) is 8.31. The number of carbonyl (C=O) groups excluding carboxylic acids is 1. The molecule has 126 valence electrons. The van der Waals surface area contributed by atoms with E-state index in [-0.39, 0.29) is 5.91 Å². The lowest BCUT2D eigenvalue weighted by atomic mass is 10.3. The minimum atomic E-state index is 0.115. The summed E-state index contributed by atoms with van der Waals surface area (Å²) in [4.78, 5) is 22.1. The maximum atomic E-state index is 11.4. The van der Waals surface area contributed by atoms with Crippen molar-refractivity contribution in [1.82, 2.24) is 20.1 Å². The number of anilines is 3. The first kappa shape index (κ1) is 16.2. The molecule has 0 bridgehead atoms. The number of carbonyl (C=O) groups is 1. The Kier molecular flexibility index (Phi) is 4.88. The fraction of sp³-hybridized carbons (Fsp3) is 0.412. The van der Waals surface area contributed by atoms with Gasteiger partial charge in [-0.25, -0.2) is 0 Å². The van der Waals surface area contributed by atoms with Crippen LogP contribution < -0.4 is 9.80 Å². The van der Waals surface area contributed by atoms with E-state index in [0.717, 1.165) is 31.1 Å². The van der Waals surface area contributed by atoms with E-state index < -0.39 is 0 Å². The zero-order valence-electron chi connectivity index (χ0n) is 14.1. The van der Waals surface area contributed by atoms with Gasteiger partial charge < -0.3 is 14.7 Å². The van der Waals surface area contributed by atoms with Gasteiger partial charge in [-0.15, -0.1) is 5.10 Å². The Morgan fingerprint density at radius 2 is 1.88 bits per heavy atom. The van der Waals surface area contributed by atoms with E-state index in [0.29, 0.717) is 19.0 Å². The highest BCUT2D eigenvalue weighted by molar-refractivity contribution is 5.73. The Morgan fingerprint density at radius 3 is 2.50 bits per heavy atom. The molecule has 24 heavy (non-hydrogen) atoms. The summed E-state index contributed by atoms with van der Waals surface area (Å²) in [7, 11) is 0. The molecular formula is C17H22N6O. The van der Waals surface area contributed by atoms with Crippen LogP contribution >= 0.6 is 0 Å². The fourth-order valence-corrected chi connectivity index (χ4v) is 2.86. The van der Waals surface area contributed by atoms with Gasteiger partial charge >= 0.3 is 0 Å². The van der Waals surface area contributed by atoms with E-state index in [1.165, 1.54) is 0 Å². The van der Waals surface area contributed by atoms with E-state index in [1.54, 1.807) is 13.1 Å². The van der Waals surface area contributed by atoms with Crippen molar-refractivity contribution in [2.24, 2.45) is 0 Å². The first-order valence-electron chi connectivity index (χ1n) is 8.22. The third kappa shape index (κ3) is 3.45. The fourth-order valence-electron chi connectivity index (χ4n) is 2.86. The van der Waals surface area contributed by atoms with E-state index in [4.69, 9.17) is 0 Å². The predicted molar refractivity (Wildman–Crippen MR) is 93.4 cm³/mol. The molecule has 1 aliphatic heterocycles. The molecule has 1 aliphatic rings. The van der Waals surface area contributed by atoms with Crippen molar-refractivity contribution in [3.63, 3.8) is 0 Å². The largest absolute Gasteiger partial charge is 0.339 e. The van der Waals surface area contributed by atoms with Crippen molar-refractivity contribution >= 4 is 23.4 Å². The number of rotatable bonds is 4. The summed E-state index contributed by atoms with van der Waals surface area (Å²) in [6, 6.07) is 10.1. The Balaban J connectivity index is 1.78. The first-order valence-corrected chi connectivity index (χ1v) is 8.22. The molecule has 3 rings (SSSR count). The number of aromatic nitrogens is 3. The zero-order valence-corrected chi connectivity index (χ0v) is 14.1. The average molecular weight is 326 g/mol. The molecule has 2 aromatic rings. The van der Waals surface area contributed by atoms with Crippen LogP contribution in [0.3, 0.4) is 0 Å². The maximum absolute atomic E-state index is 11.4. The smallest absolute Gasteiger partial charge is 0.247 e. The normalized spacial score (nSPS) is 14.6. The van der Waals surface area contributed by atoms with Crippen LogP contribution in [0.1, 0.15) is 13.8 Å². The van der Waals surface area contributed by atoms with Crippen molar-refractivity contribution in [1.29, 1.82) is 0 Å². The molecular weight excluding hydrogens is 304 g/mol. The second-order valence-electron chi connectivity index (χ2n) is 5.69. The molecule has 7 heteroatoms. The molecule has 0 unspecified atom stereocenters. The molecule has 0 N–H and O–H groups in total. The van der Waals surface area contributed by atoms with Crippen LogP contribution in [0.4, 0.5) is 17.5 Å². The molecule has 0 atom stereocenters. The highest BCUT2D eigenvalue weighted by Crippen LogP contribution is 2.23. The third-order valence-corrected chi connectivity index (χ3v) is 4.20. The molecule has 2 heterocycles. The number of nitrogens with zero attached hydrogens (tertiary/aromatic N) is 6. The minimum Gasteiger partial charge on any atom is -0.339 e. The second kappa shape index (κ2) is 7.25. The summed E-state index contributed by atoms with van der Waals surface area (Å²) in [6.07, 6.45) is 1.69. The summed E-state index contributed by atoms with van der Waals surface area (Å²) in [6.45, 7) is 7.32. The zero-order chi connectivity index (χ0) is 16.9. The predicted octanol–water partition coefficient (Wildman–Crippen LogP) is 1.70. The molecule has 7 nitrogen and oxygen atoms in total. The van der Waals surface area contributed by atoms with E-state index in [2.05, 4.69) is 44.0 Å². The summed E-state index contributed by atoms with van der Waals surface area (Å²) < 4.78 is 0. The van der Waals surface area contributed by atoms with Gasteiger partial charge in [0.1, 0.15) is 0 Å². The van der Waals surface area contributed by atoms with Gasteiger partial charge in [-0.1, -0.05) is 18.2 Å². The number of hydrogen-bond acceptors (Lipinski definition) is 6. The summed E-state index contributed by atoms with van der Waals surface area (Å²) >= 11 is 0. The van der Waals surface area contributed by atoms with E-state index in [9.17, 15) is 4.79 Å². The Hall–Kier alpha value is -2.70. The molecule has 0 spiro atoms. The highest BCUT2D eigenvalue weighted by Gasteiger charge is 2.21. The quantitative estimate of drug-likeness (QED) is 0.852. The Morgan fingerprint density at radius 1 is 1.17 bits per heavy atom. The van der Waals surface area contributed by atoms with Crippen molar-refractivity contribution in [2.75, 3.05) is 42.5 Å². The lowest BCUT2D eigenvalue weighted by Crippen LogP contribution is -2.48. The average Bonchev–Trinajstić information content (AvgIpc) is 2.64. The van der Waals surface area contributed by atoms with Crippen LogP contribution in [-0.4, -0.2) is 58.7 Å². The van der Waals surface area contributed by atoms with Gasteiger partial charge in [-0.3, -0.25) is 4.79 Å². The SMILES string of the molecule is CCN(c1ccccc1)c1cnnc(N2CCN(C(C)=O)CC2)n1.